The van der Waals surface area contributed by atoms with Crippen LogP contribution >= 0.6 is 23.1 Å². The lowest BCUT2D eigenvalue weighted by molar-refractivity contribution is -0.118. The smallest absolute Gasteiger partial charge is 0.234 e. The van der Waals surface area contributed by atoms with Crippen LogP contribution in [0.1, 0.15) is 50.7 Å². The zero-order valence-corrected chi connectivity index (χ0v) is 26.9. The Kier molecular flexibility index (Phi) is 8.99. The number of anilines is 2. The molecule has 3 N–H and O–H groups in total. The Morgan fingerprint density at radius 3 is 2.59 bits per heavy atom. The second-order valence-corrected chi connectivity index (χ2v) is 13.5. The molecule has 3 aromatic rings. The number of aromatic nitrogens is 2. The number of carbonyl (C=O) groups excluding carboxylic acids is 2. The molecule has 2 heterocycles. The van der Waals surface area contributed by atoms with Gasteiger partial charge in [0.05, 0.1) is 43.2 Å². The number of ether oxygens (including phenoxy) is 2. The minimum Gasteiger partial charge on any atom is -0.497 e. The summed E-state index contributed by atoms with van der Waals surface area (Å²) in [6.45, 7) is 6.18. The van der Waals surface area contributed by atoms with Gasteiger partial charge in [-0.05, 0) is 41.5 Å². The van der Waals surface area contributed by atoms with Gasteiger partial charge in [0.1, 0.15) is 17.3 Å². The highest BCUT2D eigenvalue weighted by Crippen LogP contribution is 2.50. The van der Waals surface area contributed by atoms with E-state index in [4.69, 9.17) is 15.2 Å². The fourth-order valence-electron chi connectivity index (χ4n) is 5.57. The van der Waals surface area contributed by atoms with Gasteiger partial charge in [0, 0.05) is 23.8 Å². The van der Waals surface area contributed by atoms with E-state index in [9.17, 15) is 14.9 Å². The first kappa shape index (κ1) is 31.1. The Morgan fingerprint density at radius 2 is 1.93 bits per heavy atom. The van der Waals surface area contributed by atoms with Crippen molar-refractivity contribution in [2.75, 3.05) is 30.2 Å². The van der Waals surface area contributed by atoms with E-state index in [1.165, 1.54) is 35.8 Å². The van der Waals surface area contributed by atoms with Crippen LogP contribution in [-0.2, 0) is 16.0 Å². The Hall–Kier alpha value is -4.34. The zero-order valence-electron chi connectivity index (χ0n) is 25.3. The Labute approximate surface area is 264 Å². The first-order chi connectivity index (χ1) is 21.1. The number of nitrogens with zero attached hydrogens (tertiary/aromatic N) is 4. The van der Waals surface area contributed by atoms with E-state index < -0.39 is 5.92 Å². The molecule has 1 unspecified atom stereocenters. The molecule has 0 bridgehead atoms. The van der Waals surface area contributed by atoms with Crippen molar-refractivity contribution >= 4 is 45.6 Å². The number of rotatable bonds is 9. The lowest BCUT2D eigenvalue weighted by Gasteiger charge is -2.42. The van der Waals surface area contributed by atoms with E-state index in [1.807, 2.05) is 24.3 Å². The fourth-order valence-corrected chi connectivity index (χ4v) is 7.25. The van der Waals surface area contributed by atoms with Crippen molar-refractivity contribution in [3.05, 3.63) is 76.3 Å². The van der Waals surface area contributed by atoms with Crippen molar-refractivity contribution < 1.29 is 19.1 Å². The maximum absolute atomic E-state index is 13.8. The molecule has 10 nitrogen and oxygen atoms in total. The van der Waals surface area contributed by atoms with Gasteiger partial charge in [-0.15, -0.1) is 10.2 Å². The molecule has 0 saturated carbocycles. The SMILES string of the molecule is CCc1ccc(C2C(C#N)=C(N)N(c3nnc(SCC(=O)Nc4ccc(OC)cc4OC)s3)C3=C2C(=O)CC(C)(C)C3)cc1. The van der Waals surface area contributed by atoms with E-state index in [-0.39, 0.29) is 28.7 Å². The predicted octanol–water partition coefficient (Wildman–Crippen LogP) is 5.79. The van der Waals surface area contributed by atoms with Crippen molar-refractivity contribution in [2.24, 2.45) is 11.1 Å². The van der Waals surface area contributed by atoms with Crippen LogP contribution in [0.4, 0.5) is 10.8 Å². The maximum Gasteiger partial charge on any atom is 0.234 e. The summed E-state index contributed by atoms with van der Waals surface area (Å²) in [5.74, 6) is 0.600. The van der Waals surface area contributed by atoms with Crippen LogP contribution in [-0.4, -0.2) is 41.9 Å². The Morgan fingerprint density at radius 1 is 1.18 bits per heavy atom. The quantitative estimate of drug-likeness (QED) is 0.279. The minimum absolute atomic E-state index is 0.00388. The van der Waals surface area contributed by atoms with Crippen LogP contribution in [0, 0.1) is 16.7 Å². The van der Waals surface area contributed by atoms with Crippen LogP contribution in [0.2, 0.25) is 0 Å². The van der Waals surface area contributed by atoms with E-state index >= 15 is 0 Å². The van der Waals surface area contributed by atoms with Gasteiger partial charge in [0.2, 0.25) is 11.0 Å². The normalized spacial score (nSPS) is 17.7. The molecule has 2 aromatic carbocycles. The van der Waals surface area contributed by atoms with Gasteiger partial charge in [0.25, 0.3) is 0 Å². The minimum atomic E-state index is -0.554. The molecule has 1 aliphatic carbocycles. The number of benzene rings is 2. The Bertz CT molecular complexity index is 1700. The number of nitriles is 1. The number of methoxy groups -OCH3 is 2. The second kappa shape index (κ2) is 12.7. The molecule has 2 aliphatic rings. The number of allylic oxidation sites excluding steroid dienone is 3. The van der Waals surface area contributed by atoms with Crippen LogP contribution in [0.3, 0.4) is 0 Å². The molecule has 1 aliphatic heterocycles. The first-order valence-electron chi connectivity index (χ1n) is 14.1. The lowest BCUT2D eigenvalue weighted by Crippen LogP contribution is -2.42. The van der Waals surface area contributed by atoms with Gasteiger partial charge in [-0.3, -0.25) is 14.5 Å². The number of thioether (sulfide) groups is 1. The fraction of sp³-hybridized carbons (Fsp3) is 0.344. The maximum atomic E-state index is 13.8. The van der Waals surface area contributed by atoms with Gasteiger partial charge >= 0.3 is 0 Å². The molecule has 0 fully saturated rings. The highest BCUT2D eigenvalue weighted by atomic mass is 32.2. The Balaban J connectivity index is 1.43. The molecule has 0 spiro atoms. The van der Waals surface area contributed by atoms with Crippen LogP contribution in [0.5, 0.6) is 11.5 Å². The number of ketones is 1. The number of nitrogens with one attached hydrogen (secondary N) is 1. The predicted molar refractivity (Wildman–Crippen MR) is 172 cm³/mol. The van der Waals surface area contributed by atoms with Gasteiger partial charge in [-0.2, -0.15) is 5.26 Å². The molecule has 1 aromatic heterocycles. The largest absolute Gasteiger partial charge is 0.497 e. The highest BCUT2D eigenvalue weighted by molar-refractivity contribution is 8.01. The third kappa shape index (κ3) is 6.16. The van der Waals surface area contributed by atoms with Crippen molar-refractivity contribution in [1.29, 1.82) is 5.26 Å². The summed E-state index contributed by atoms with van der Waals surface area (Å²) in [5.41, 5.74) is 10.6. The number of amides is 1. The molecule has 228 valence electrons. The number of hydrogen-bond donors (Lipinski definition) is 2. The zero-order chi connectivity index (χ0) is 31.6. The lowest BCUT2D eigenvalue weighted by atomic mass is 9.68. The molecular formula is C32H34N6O4S2. The third-order valence-corrected chi connectivity index (χ3v) is 9.74. The average Bonchev–Trinajstić information content (AvgIpc) is 3.47. The molecule has 0 saturated heterocycles. The topological polar surface area (TPSA) is 143 Å². The van der Waals surface area contributed by atoms with Crippen molar-refractivity contribution in [3.63, 3.8) is 0 Å². The number of carbonyl (C=O) groups is 2. The third-order valence-electron chi connectivity index (χ3n) is 7.70. The van der Waals surface area contributed by atoms with Gasteiger partial charge < -0.3 is 20.5 Å². The monoisotopic (exact) mass is 630 g/mol. The summed E-state index contributed by atoms with van der Waals surface area (Å²) in [6.07, 6.45) is 1.83. The van der Waals surface area contributed by atoms with Gasteiger partial charge in [-0.1, -0.05) is 68.1 Å². The molecule has 0 radical (unpaired) electrons. The van der Waals surface area contributed by atoms with Crippen LogP contribution < -0.4 is 25.4 Å². The van der Waals surface area contributed by atoms with E-state index in [0.29, 0.717) is 50.6 Å². The van der Waals surface area contributed by atoms with Gasteiger partial charge in [0.15, 0.2) is 10.1 Å². The molecule has 12 heteroatoms. The van der Waals surface area contributed by atoms with E-state index in [2.05, 4.69) is 42.4 Å². The second-order valence-electron chi connectivity index (χ2n) is 11.3. The molecule has 44 heavy (non-hydrogen) atoms. The molecule has 5 rings (SSSR count). The first-order valence-corrected chi connectivity index (χ1v) is 15.9. The van der Waals surface area contributed by atoms with Gasteiger partial charge in [-0.25, -0.2) is 0 Å². The van der Waals surface area contributed by atoms with Crippen LogP contribution in [0.25, 0.3) is 0 Å². The molecule has 1 amide bonds. The summed E-state index contributed by atoms with van der Waals surface area (Å²) in [4.78, 5) is 28.2. The van der Waals surface area contributed by atoms with Crippen molar-refractivity contribution in [3.8, 4) is 17.6 Å². The number of nitrogens with two attached hydrogens (primary N) is 1. The summed E-state index contributed by atoms with van der Waals surface area (Å²) in [5, 5.41) is 22.3. The van der Waals surface area contributed by atoms with Crippen molar-refractivity contribution in [2.45, 2.75) is 50.3 Å². The summed E-state index contributed by atoms with van der Waals surface area (Å²) in [7, 11) is 3.08. The summed E-state index contributed by atoms with van der Waals surface area (Å²) < 4.78 is 11.1. The number of Topliss-reactive ketones (excluding diaryl/α,β-unsaturated/α-hetero) is 1. The van der Waals surface area contributed by atoms with Crippen molar-refractivity contribution in [1.82, 2.24) is 10.2 Å². The standard InChI is InChI=1S/C32H34N6O4S2/c1-6-18-7-9-19(10-8-18)27-21(16-33)29(34)38(23-14-32(2,3)15-24(39)28(23)27)30-36-37-31(44-30)43-17-26(40)35-22-12-11-20(41-4)13-25(22)42-5/h7-13,27H,6,14-15,17,34H2,1-5H3,(H,35,40). The molecule has 1 atom stereocenters. The highest BCUT2D eigenvalue weighted by Gasteiger charge is 2.45. The average molecular weight is 631 g/mol. The number of aryl methyl sites for hydroxylation is 1. The van der Waals surface area contributed by atoms with E-state index in [0.717, 1.165) is 17.7 Å². The van der Waals surface area contributed by atoms with Crippen LogP contribution in [0.15, 0.2) is 69.5 Å². The number of hydrogen-bond acceptors (Lipinski definition) is 11. The summed E-state index contributed by atoms with van der Waals surface area (Å²) >= 11 is 2.48. The molecular weight excluding hydrogens is 597 g/mol. The van der Waals surface area contributed by atoms with E-state index in [1.54, 1.807) is 30.2 Å². The summed E-state index contributed by atoms with van der Waals surface area (Å²) in [6, 6.07) is 15.5.